The van der Waals surface area contributed by atoms with Crippen LogP contribution in [0.25, 0.3) is 0 Å². The van der Waals surface area contributed by atoms with E-state index < -0.39 is 0 Å². The minimum absolute atomic E-state index is 0.0678. The Hall–Kier alpha value is -1.61. The standard InChI is InChI=1S/C17H18BrNO/c1-3-13-8-4-6-10-15(13)17(20)19(2)12-14-9-5-7-11-16(14)18/h4-11H,3,12H2,1-2H3. The van der Waals surface area contributed by atoms with E-state index in [4.69, 9.17) is 0 Å². The number of halogens is 1. The van der Waals surface area contributed by atoms with Crippen molar-refractivity contribution in [1.82, 2.24) is 4.90 Å². The second-order valence-corrected chi connectivity index (χ2v) is 5.62. The summed E-state index contributed by atoms with van der Waals surface area (Å²) in [7, 11) is 1.84. The first-order valence-corrected chi connectivity index (χ1v) is 7.49. The Labute approximate surface area is 128 Å². The van der Waals surface area contributed by atoms with Gasteiger partial charge < -0.3 is 4.90 Å². The van der Waals surface area contributed by atoms with Crippen molar-refractivity contribution >= 4 is 21.8 Å². The summed E-state index contributed by atoms with van der Waals surface area (Å²) >= 11 is 3.52. The monoisotopic (exact) mass is 331 g/mol. The van der Waals surface area contributed by atoms with Gasteiger partial charge in [0.1, 0.15) is 0 Å². The van der Waals surface area contributed by atoms with Gasteiger partial charge in [0.25, 0.3) is 5.91 Å². The summed E-state index contributed by atoms with van der Waals surface area (Å²) < 4.78 is 1.03. The maximum atomic E-state index is 12.6. The lowest BCUT2D eigenvalue weighted by Crippen LogP contribution is -2.27. The molecule has 0 bridgehead atoms. The van der Waals surface area contributed by atoms with Gasteiger partial charge in [0.05, 0.1) is 0 Å². The number of amides is 1. The lowest BCUT2D eigenvalue weighted by Gasteiger charge is -2.19. The molecule has 1 amide bonds. The van der Waals surface area contributed by atoms with E-state index in [-0.39, 0.29) is 5.91 Å². The number of hydrogen-bond acceptors (Lipinski definition) is 1. The highest BCUT2D eigenvalue weighted by Crippen LogP contribution is 2.19. The van der Waals surface area contributed by atoms with E-state index in [0.717, 1.165) is 27.6 Å². The van der Waals surface area contributed by atoms with Crippen molar-refractivity contribution < 1.29 is 4.79 Å². The molecule has 2 nitrogen and oxygen atoms in total. The van der Waals surface area contributed by atoms with Crippen LogP contribution in [0.5, 0.6) is 0 Å². The Balaban J connectivity index is 2.19. The van der Waals surface area contributed by atoms with Crippen LogP contribution in [0.3, 0.4) is 0 Å². The normalized spacial score (nSPS) is 10.3. The lowest BCUT2D eigenvalue weighted by molar-refractivity contribution is 0.0784. The Morgan fingerprint density at radius 2 is 1.65 bits per heavy atom. The summed E-state index contributed by atoms with van der Waals surface area (Å²) in [5.74, 6) is 0.0678. The summed E-state index contributed by atoms with van der Waals surface area (Å²) in [6, 6.07) is 15.8. The number of aryl methyl sites for hydroxylation is 1. The van der Waals surface area contributed by atoms with Gasteiger partial charge in [0.2, 0.25) is 0 Å². The SMILES string of the molecule is CCc1ccccc1C(=O)N(C)Cc1ccccc1Br. The molecule has 0 atom stereocenters. The van der Waals surface area contributed by atoms with Crippen LogP contribution >= 0.6 is 15.9 Å². The lowest BCUT2D eigenvalue weighted by atomic mass is 10.0. The average Bonchev–Trinajstić information content (AvgIpc) is 2.48. The van der Waals surface area contributed by atoms with Gasteiger partial charge in [-0.2, -0.15) is 0 Å². The Morgan fingerprint density at radius 3 is 2.30 bits per heavy atom. The molecule has 0 aliphatic rings. The number of carbonyl (C=O) groups is 1. The maximum absolute atomic E-state index is 12.6. The first kappa shape index (κ1) is 14.8. The van der Waals surface area contributed by atoms with Crippen LogP contribution in [0, 0.1) is 0 Å². The van der Waals surface area contributed by atoms with E-state index in [1.807, 2.05) is 55.6 Å². The van der Waals surface area contributed by atoms with Gasteiger partial charge in [-0.1, -0.05) is 59.3 Å². The predicted octanol–water partition coefficient (Wildman–Crippen LogP) is 4.28. The van der Waals surface area contributed by atoms with Crippen LogP contribution in [0.4, 0.5) is 0 Å². The summed E-state index contributed by atoms with van der Waals surface area (Å²) in [4.78, 5) is 14.3. The molecule has 0 saturated heterocycles. The van der Waals surface area contributed by atoms with Crippen molar-refractivity contribution in [1.29, 1.82) is 0 Å². The van der Waals surface area contributed by atoms with Crippen molar-refractivity contribution in [3.05, 3.63) is 69.7 Å². The highest BCUT2D eigenvalue weighted by molar-refractivity contribution is 9.10. The fourth-order valence-corrected chi connectivity index (χ4v) is 2.61. The molecule has 0 aromatic heterocycles. The van der Waals surface area contributed by atoms with Crippen LogP contribution in [-0.4, -0.2) is 17.9 Å². The largest absolute Gasteiger partial charge is 0.337 e. The number of nitrogens with zero attached hydrogens (tertiary/aromatic N) is 1. The van der Waals surface area contributed by atoms with Crippen LogP contribution in [0.2, 0.25) is 0 Å². The average molecular weight is 332 g/mol. The Kier molecular flexibility index (Phi) is 4.96. The fourth-order valence-electron chi connectivity index (χ4n) is 2.20. The Bertz CT molecular complexity index is 609. The third-order valence-electron chi connectivity index (χ3n) is 3.34. The van der Waals surface area contributed by atoms with Crippen LogP contribution in [0.1, 0.15) is 28.4 Å². The highest BCUT2D eigenvalue weighted by Gasteiger charge is 2.15. The summed E-state index contributed by atoms with van der Waals surface area (Å²) in [5, 5.41) is 0. The topological polar surface area (TPSA) is 20.3 Å². The molecule has 0 fully saturated rings. The third kappa shape index (κ3) is 3.28. The second kappa shape index (κ2) is 6.71. The molecule has 0 N–H and O–H groups in total. The molecule has 2 aromatic carbocycles. The molecule has 0 unspecified atom stereocenters. The third-order valence-corrected chi connectivity index (χ3v) is 4.11. The fraction of sp³-hybridized carbons (Fsp3) is 0.235. The van der Waals surface area contributed by atoms with Crippen molar-refractivity contribution in [2.75, 3.05) is 7.05 Å². The van der Waals surface area contributed by atoms with Crippen molar-refractivity contribution in [3.63, 3.8) is 0 Å². The van der Waals surface area contributed by atoms with Crippen LogP contribution in [0.15, 0.2) is 53.0 Å². The minimum Gasteiger partial charge on any atom is -0.337 e. The van der Waals surface area contributed by atoms with E-state index in [1.54, 1.807) is 4.90 Å². The molecule has 104 valence electrons. The number of carbonyl (C=O) groups excluding carboxylic acids is 1. The number of rotatable bonds is 4. The molecule has 0 aliphatic heterocycles. The molecule has 0 saturated carbocycles. The molecule has 3 heteroatoms. The molecule has 2 aromatic rings. The van der Waals surface area contributed by atoms with Crippen LogP contribution < -0.4 is 0 Å². The van der Waals surface area contributed by atoms with Gasteiger partial charge >= 0.3 is 0 Å². The first-order valence-electron chi connectivity index (χ1n) is 6.70. The first-order chi connectivity index (χ1) is 9.63. The molecule has 2 rings (SSSR count). The molecule has 0 aliphatic carbocycles. The molecule has 0 heterocycles. The summed E-state index contributed by atoms with van der Waals surface area (Å²) in [6.45, 7) is 2.66. The van der Waals surface area contributed by atoms with Gasteiger partial charge in [-0.05, 0) is 29.7 Å². The molecule has 20 heavy (non-hydrogen) atoms. The van der Waals surface area contributed by atoms with E-state index in [2.05, 4.69) is 22.9 Å². The maximum Gasteiger partial charge on any atom is 0.254 e. The summed E-state index contributed by atoms with van der Waals surface area (Å²) in [5.41, 5.74) is 3.00. The molecular formula is C17H18BrNO. The second-order valence-electron chi connectivity index (χ2n) is 4.76. The zero-order valence-corrected chi connectivity index (χ0v) is 13.4. The molecular weight excluding hydrogens is 314 g/mol. The van der Waals surface area contributed by atoms with Gasteiger partial charge in [-0.15, -0.1) is 0 Å². The van der Waals surface area contributed by atoms with E-state index >= 15 is 0 Å². The molecule has 0 radical (unpaired) electrons. The highest BCUT2D eigenvalue weighted by atomic mass is 79.9. The van der Waals surface area contributed by atoms with Crippen molar-refractivity contribution in [3.8, 4) is 0 Å². The molecule has 0 spiro atoms. The zero-order valence-electron chi connectivity index (χ0n) is 11.8. The van der Waals surface area contributed by atoms with Gasteiger partial charge in [0, 0.05) is 23.6 Å². The zero-order chi connectivity index (χ0) is 14.5. The van der Waals surface area contributed by atoms with Gasteiger partial charge in [-0.3, -0.25) is 4.79 Å². The quantitative estimate of drug-likeness (QED) is 0.818. The van der Waals surface area contributed by atoms with E-state index in [9.17, 15) is 4.79 Å². The predicted molar refractivity (Wildman–Crippen MR) is 85.8 cm³/mol. The van der Waals surface area contributed by atoms with Crippen molar-refractivity contribution in [2.24, 2.45) is 0 Å². The smallest absolute Gasteiger partial charge is 0.254 e. The van der Waals surface area contributed by atoms with Gasteiger partial charge in [0.15, 0.2) is 0 Å². The Morgan fingerprint density at radius 1 is 1.05 bits per heavy atom. The summed E-state index contributed by atoms with van der Waals surface area (Å²) in [6.07, 6.45) is 0.866. The van der Waals surface area contributed by atoms with Crippen LogP contribution in [-0.2, 0) is 13.0 Å². The number of hydrogen-bond donors (Lipinski definition) is 0. The van der Waals surface area contributed by atoms with E-state index in [1.165, 1.54) is 0 Å². The number of benzene rings is 2. The minimum atomic E-state index is 0.0678. The van der Waals surface area contributed by atoms with Gasteiger partial charge in [-0.25, -0.2) is 0 Å². The van der Waals surface area contributed by atoms with E-state index in [0.29, 0.717) is 6.54 Å². The van der Waals surface area contributed by atoms with Crippen molar-refractivity contribution in [2.45, 2.75) is 19.9 Å².